The molecule has 2 amide bonds. The molecule has 0 spiro atoms. The first-order valence-corrected chi connectivity index (χ1v) is 16.4. The average molecular weight is 552 g/mol. The van der Waals surface area contributed by atoms with Crippen LogP contribution in [-0.2, 0) is 9.59 Å². The number of amidine groups is 1. The normalized spacial score (nSPS) is 11.7. The third-order valence-corrected chi connectivity index (χ3v) is 7.21. The topological polar surface area (TPSA) is 99.8 Å². The number of hydrogen-bond acceptors (Lipinski definition) is 4. The Kier molecular flexibility index (Phi) is 28.1. The molecule has 0 heterocycles. The summed E-state index contributed by atoms with van der Waals surface area (Å²) in [5, 5.41) is 5.75. The van der Waals surface area contributed by atoms with Crippen LogP contribution >= 0.6 is 0 Å². The second-order valence-electron chi connectivity index (χ2n) is 11.5. The molecule has 0 bridgehead atoms. The maximum atomic E-state index is 12.0. The van der Waals surface area contributed by atoms with Gasteiger partial charge in [0.2, 0.25) is 11.8 Å². The molecule has 0 aliphatic rings. The van der Waals surface area contributed by atoms with Crippen LogP contribution in [0.5, 0.6) is 0 Å². The first-order valence-electron chi connectivity index (χ1n) is 16.4. The average Bonchev–Trinajstić information content (AvgIpc) is 2.91. The van der Waals surface area contributed by atoms with Crippen LogP contribution in [0.15, 0.2) is 4.99 Å². The number of aliphatic imine (C=N–C) groups is 1. The first-order chi connectivity index (χ1) is 19.0. The smallest absolute Gasteiger partial charge is 0.220 e. The van der Waals surface area contributed by atoms with Gasteiger partial charge in [-0.15, -0.1) is 0 Å². The van der Waals surface area contributed by atoms with E-state index in [0.29, 0.717) is 38.2 Å². The lowest BCUT2D eigenvalue weighted by Crippen LogP contribution is -2.34. The Labute approximate surface area is 241 Å². The zero-order valence-electron chi connectivity index (χ0n) is 26.2. The summed E-state index contributed by atoms with van der Waals surface area (Å²) in [7, 11) is 4.19. The van der Waals surface area contributed by atoms with E-state index in [1.54, 1.807) is 0 Å². The van der Waals surface area contributed by atoms with Crippen molar-refractivity contribution in [2.75, 3.05) is 40.3 Å². The van der Waals surface area contributed by atoms with Crippen molar-refractivity contribution in [3.05, 3.63) is 0 Å². The molecule has 0 rings (SSSR count). The van der Waals surface area contributed by atoms with Crippen molar-refractivity contribution in [1.82, 2.24) is 15.5 Å². The number of carbonyl (C=O) groups is 2. The molecule has 0 aromatic carbocycles. The molecule has 0 unspecified atom stereocenters. The predicted octanol–water partition coefficient (Wildman–Crippen LogP) is 6.74. The number of amides is 2. The van der Waals surface area contributed by atoms with E-state index in [1.807, 2.05) is 0 Å². The van der Waals surface area contributed by atoms with Gasteiger partial charge in [-0.2, -0.15) is 0 Å². The highest BCUT2D eigenvalue weighted by Crippen LogP contribution is 2.13. The molecular weight excluding hydrogens is 486 g/mol. The van der Waals surface area contributed by atoms with Crippen molar-refractivity contribution in [2.24, 2.45) is 10.7 Å². The van der Waals surface area contributed by atoms with Crippen LogP contribution in [0.3, 0.4) is 0 Å². The highest BCUT2D eigenvalue weighted by atomic mass is 16.2. The van der Waals surface area contributed by atoms with Gasteiger partial charge in [-0.05, 0) is 39.9 Å². The summed E-state index contributed by atoms with van der Waals surface area (Å²) >= 11 is 0. The van der Waals surface area contributed by atoms with E-state index in [-0.39, 0.29) is 11.8 Å². The molecule has 0 aromatic rings. The van der Waals surface area contributed by atoms with Crippen molar-refractivity contribution in [3.63, 3.8) is 0 Å². The molecule has 0 saturated heterocycles. The van der Waals surface area contributed by atoms with Gasteiger partial charge < -0.3 is 21.3 Å². The second kappa shape index (κ2) is 29.4. The Balaban J connectivity index is 3.43. The lowest BCUT2D eigenvalue weighted by atomic mass is 10.0. The molecule has 39 heavy (non-hydrogen) atoms. The van der Waals surface area contributed by atoms with Crippen molar-refractivity contribution < 1.29 is 9.59 Å². The summed E-state index contributed by atoms with van der Waals surface area (Å²) < 4.78 is 0. The van der Waals surface area contributed by atoms with Gasteiger partial charge in [0.05, 0.1) is 5.84 Å². The minimum Gasteiger partial charge on any atom is -0.387 e. The van der Waals surface area contributed by atoms with Gasteiger partial charge >= 0.3 is 0 Å². The van der Waals surface area contributed by atoms with Crippen LogP contribution in [0.25, 0.3) is 0 Å². The Morgan fingerprint density at radius 2 is 1.03 bits per heavy atom. The summed E-state index contributed by atoms with van der Waals surface area (Å²) in [4.78, 5) is 30.6. The standard InChI is InChI=1S/C32H65N5O2/c1-4-5-6-7-8-9-10-11-12-13-14-15-16-17-20-23-31(38)35-27-28-36-32(39)25-24-30(33)34-26-21-18-19-22-29-37(2)3/h4-29H2,1-3H3,(H2,33,34)(H,35,38)(H,36,39). The number of nitrogens with two attached hydrogens (primary N) is 1. The number of nitrogens with one attached hydrogen (secondary N) is 2. The predicted molar refractivity (Wildman–Crippen MR) is 168 cm³/mol. The van der Waals surface area contributed by atoms with Gasteiger partial charge in [-0.25, -0.2) is 0 Å². The van der Waals surface area contributed by atoms with Gasteiger partial charge in [0.1, 0.15) is 0 Å². The third kappa shape index (κ3) is 30.8. The first kappa shape index (κ1) is 37.4. The number of rotatable bonds is 29. The van der Waals surface area contributed by atoms with E-state index in [2.05, 4.69) is 41.5 Å². The fourth-order valence-electron chi connectivity index (χ4n) is 4.67. The number of nitrogens with zero attached hydrogens (tertiary/aromatic N) is 2. The van der Waals surface area contributed by atoms with E-state index in [9.17, 15) is 9.59 Å². The van der Waals surface area contributed by atoms with E-state index < -0.39 is 0 Å². The van der Waals surface area contributed by atoms with Crippen molar-refractivity contribution >= 4 is 17.6 Å². The van der Waals surface area contributed by atoms with Crippen LogP contribution in [0.1, 0.15) is 148 Å². The Morgan fingerprint density at radius 3 is 1.54 bits per heavy atom. The van der Waals surface area contributed by atoms with Crippen LogP contribution < -0.4 is 16.4 Å². The summed E-state index contributed by atoms with van der Waals surface area (Å²) in [5.74, 6) is 0.584. The highest BCUT2D eigenvalue weighted by Gasteiger charge is 2.04. The van der Waals surface area contributed by atoms with Gasteiger partial charge in [0, 0.05) is 38.9 Å². The Bertz CT molecular complexity index is 595. The molecule has 0 aliphatic carbocycles. The fourth-order valence-corrected chi connectivity index (χ4v) is 4.67. The molecule has 0 atom stereocenters. The van der Waals surface area contributed by atoms with Crippen LogP contribution in [0, 0.1) is 0 Å². The Hall–Kier alpha value is -1.63. The molecule has 0 saturated carbocycles. The Morgan fingerprint density at radius 1 is 0.590 bits per heavy atom. The quantitative estimate of drug-likeness (QED) is 0.0544. The second-order valence-corrected chi connectivity index (χ2v) is 11.5. The van der Waals surface area contributed by atoms with Crippen molar-refractivity contribution in [2.45, 2.75) is 148 Å². The van der Waals surface area contributed by atoms with E-state index in [0.717, 1.165) is 38.8 Å². The molecule has 0 aliphatic heterocycles. The molecule has 230 valence electrons. The molecule has 7 nitrogen and oxygen atoms in total. The van der Waals surface area contributed by atoms with Gasteiger partial charge in [-0.1, -0.05) is 110 Å². The number of carbonyl (C=O) groups excluding carboxylic acids is 2. The van der Waals surface area contributed by atoms with Crippen molar-refractivity contribution in [1.29, 1.82) is 0 Å². The zero-order chi connectivity index (χ0) is 28.8. The maximum absolute atomic E-state index is 12.0. The van der Waals surface area contributed by atoms with Crippen LogP contribution in [-0.4, -0.2) is 62.8 Å². The summed E-state index contributed by atoms with van der Waals surface area (Å²) in [5.41, 5.74) is 5.93. The van der Waals surface area contributed by atoms with Gasteiger partial charge in [-0.3, -0.25) is 14.6 Å². The third-order valence-electron chi connectivity index (χ3n) is 7.21. The van der Waals surface area contributed by atoms with E-state index >= 15 is 0 Å². The summed E-state index contributed by atoms with van der Waals surface area (Å²) in [6.45, 7) is 5.06. The summed E-state index contributed by atoms with van der Waals surface area (Å²) in [6.07, 6.45) is 25.9. The van der Waals surface area contributed by atoms with Crippen molar-refractivity contribution in [3.8, 4) is 0 Å². The molecular formula is C32H65N5O2. The number of unbranched alkanes of at least 4 members (excludes halogenated alkanes) is 17. The van der Waals surface area contributed by atoms with Crippen LogP contribution in [0.4, 0.5) is 0 Å². The molecule has 7 heteroatoms. The highest BCUT2D eigenvalue weighted by molar-refractivity contribution is 5.86. The number of hydrogen-bond donors (Lipinski definition) is 3. The van der Waals surface area contributed by atoms with Gasteiger partial charge in [0.15, 0.2) is 0 Å². The molecule has 0 aromatic heterocycles. The molecule has 4 N–H and O–H groups in total. The zero-order valence-corrected chi connectivity index (χ0v) is 26.2. The summed E-state index contributed by atoms with van der Waals surface area (Å²) in [6, 6.07) is 0. The van der Waals surface area contributed by atoms with Gasteiger partial charge in [0.25, 0.3) is 0 Å². The largest absolute Gasteiger partial charge is 0.387 e. The van der Waals surface area contributed by atoms with Crippen LogP contribution in [0.2, 0.25) is 0 Å². The monoisotopic (exact) mass is 552 g/mol. The minimum atomic E-state index is -0.0477. The fraction of sp³-hybridized carbons (Fsp3) is 0.906. The molecule has 0 radical (unpaired) electrons. The minimum absolute atomic E-state index is 0.0477. The SMILES string of the molecule is CCCCCCCCCCCCCCCCCC(=O)NCCNC(=O)CCC(N)=NCCCCCCN(C)C. The van der Waals surface area contributed by atoms with E-state index in [4.69, 9.17) is 5.73 Å². The molecule has 0 fully saturated rings. The maximum Gasteiger partial charge on any atom is 0.220 e. The lowest BCUT2D eigenvalue weighted by molar-refractivity contribution is -0.122. The lowest BCUT2D eigenvalue weighted by Gasteiger charge is -2.08. The van der Waals surface area contributed by atoms with E-state index in [1.165, 1.54) is 96.3 Å².